The van der Waals surface area contributed by atoms with Gasteiger partial charge >= 0.3 is 6.01 Å². The van der Waals surface area contributed by atoms with Gasteiger partial charge in [-0.05, 0) is 67.5 Å². The first-order valence-electron chi connectivity index (χ1n) is 12.1. The van der Waals surface area contributed by atoms with Gasteiger partial charge in [0.1, 0.15) is 11.8 Å². The minimum Gasteiger partial charge on any atom is -0.424 e. The lowest BCUT2D eigenvalue weighted by Gasteiger charge is -2.25. The molecule has 6 rings (SSSR count). The molecule has 0 unspecified atom stereocenters. The molecule has 0 bridgehead atoms. The smallest absolute Gasteiger partial charge is 0.321 e. The number of hydrogen-bond acceptors (Lipinski definition) is 6. The van der Waals surface area contributed by atoms with Gasteiger partial charge in [-0.1, -0.05) is 18.6 Å². The van der Waals surface area contributed by atoms with E-state index in [1.54, 1.807) is 30.6 Å². The van der Waals surface area contributed by atoms with Crippen molar-refractivity contribution in [2.75, 3.05) is 4.72 Å². The van der Waals surface area contributed by atoms with Gasteiger partial charge in [-0.15, -0.1) is 0 Å². The number of nitrogens with zero attached hydrogens (tertiary/aromatic N) is 4. The molecule has 0 aliphatic heterocycles. The number of rotatable bonds is 8. The number of aromatic nitrogens is 3. The molecule has 2 heterocycles. The molecule has 8 nitrogen and oxygen atoms in total. The second kappa shape index (κ2) is 8.95. The van der Waals surface area contributed by atoms with Crippen LogP contribution in [0.25, 0.3) is 22.2 Å². The number of nitrogens with one attached hydrogen (secondary N) is 1. The van der Waals surface area contributed by atoms with Crippen molar-refractivity contribution in [1.82, 2.24) is 14.5 Å². The highest BCUT2D eigenvalue weighted by Gasteiger charge is 2.31. The Balaban J connectivity index is 1.39. The average Bonchev–Trinajstić information content (AvgIpc) is 3.60. The van der Waals surface area contributed by atoms with Gasteiger partial charge in [0.25, 0.3) is 0 Å². The van der Waals surface area contributed by atoms with Crippen LogP contribution in [0.1, 0.15) is 37.7 Å². The fraction of sp³-hybridized carbons (Fsp3) is 0.296. The molecular weight excluding hydrogens is 474 g/mol. The molecule has 4 aromatic rings. The van der Waals surface area contributed by atoms with E-state index in [2.05, 4.69) is 25.3 Å². The monoisotopic (exact) mass is 499 g/mol. The van der Waals surface area contributed by atoms with Crippen molar-refractivity contribution >= 4 is 26.6 Å². The molecule has 2 aromatic carbocycles. The summed E-state index contributed by atoms with van der Waals surface area (Å²) in [7, 11) is -3.37. The van der Waals surface area contributed by atoms with E-state index in [0.29, 0.717) is 35.8 Å². The van der Waals surface area contributed by atoms with Crippen molar-refractivity contribution in [3.63, 3.8) is 0 Å². The first kappa shape index (κ1) is 22.6. The lowest BCUT2D eigenvalue weighted by molar-refractivity contribution is 0.442. The second-order valence-electron chi connectivity index (χ2n) is 9.48. The Morgan fingerprint density at radius 1 is 1.06 bits per heavy atom. The van der Waals surface area contributed by atoms with Gasteiger partial charge in [0, 0.05) is 36.1 Å². The standard InChI is InChI=1S/C27H25N5O3S/c28-16-24-23-12-11-21(35-27-29-13-2-14-30-27)15-25(23)32(17-18-5-6-18)26(24)19-7-9-20(10-8-19)31-36(33,34)22-3-1-4-22/h2,7-15,18,22,31H,1,3-6,17H2. The lowest BCUT2D eigenvalue weighted by atomic mass is 10.0. The quantitative estimate of drug-likeness (QED) is 0.344. The maximum absolute atomic E-state index is 12.5. The SMILES string of the molecule is N#Cc1c(-c2ccc(NS(=O)(=O)C3CCC3)cc2)n(CC2CC2)c2cc(Oc3ncccn3)ccc12. The van der Waals surface area contributed by atoms with Crippen LogP contribution in [0.4, 0.5) is 5.69 Å². The van der Waals surface area contributed by atoms with Gasteiger partial charge in [0.05, 0.1) is 22.0 Å². The number of anilines is 1. The molecular formula is C27H25N5O3S. The van der Waals surface area contributed by atoms with Crippen LogP contribution in [-0.4, -0.2) is 28.2 Å². The van der Waals surface area contributed by atoms with Gasteiger partial charge in [-0.2, -0.15) is 5.26 Å². The van der Waals surface area contributed by atoms with Crippen molar-refractivity contribution in [2.45, 2.75) is 43.9 Å². The third-order valence-electron chi connectivity index (χ3n) is 6.95. The van der Waals surface area contributed by atoms with Crippen LogP contribution < -0.4 is 9.46 Å². The van der Waals surface area contributed by atoms with Gasteiger partial charge in [0.2, 0.25) is 10.0 Å². The molecule has 2 aromatic heterocycles. The Morgan fingerprint density at radius 2 is 1.81 bits per heavy atom. The number of sulfonamides is 1. The van der Waals surface area contributed by atoms with Crippen molar-refractivity contribution in [3.8, 4) is 29.1 Å². The Bertz CT molecular complexity index is 1570. The summed E-state index contributed by atoms with van der Waals surface area (Å²) in [6.45, 7) is 0.800. The summed E-state index contributed by atoms with van der Waals surface area (Å²) in [4.78, 5) is 8.27. The molecule has 2 aliphatic rings. The Labute approximate surface area is 209 Å². The van der Waals surface area contributed by atoms with Crippen LogP contribution in [0, 0.1) is 17.2 Å². The van der Waals surface area contributed by atoms with E-state index in [-0.39, 0.29) is 11.3 Å². The number of benzene rings is 2. The normalized spacial score (nSPS) is 15.9. The zero-order valence-corrected chi connectivity index (χ0v) is 20.4. The van der Waals surface area contributed by atoms with E-state index >= 15 is 0 Å². The fourth-order valence-corrected chi connectivity index (χ4v) is 6.21. The summed E-state index contributed by atoms with van der Waals surface area (Å²) in [6.07, 6.45) is 7.95. The minimum absolute atomic E-state index is 0.262. The van der Waals surface area contributed by atoms with E-state index in [1.807, 2.05) is 30.3 Å². The summed E-state index contributed by atoms with van der Waals surface area (Å²) < 4.78 is 35.8. The van der Waals surface area contributed by atoms with Crippen molar-refractivity contribution < 1.29 is 13.2 Å². The molecule has 0 radical (unpaired) electrons. The van der Waals surface area contributed by atoms with Gasteiger partial charge in [0.15, 0.2) is 0 Å². The van der Waals surface area contributed by atoms with E-state index in [1.165, 1.54) is 0 Å². The van der Waals surface area contributed by atoms with Gasteiger partial charge in [-0.25, -0.2) is 18.4 Å². The van der Waals surface area contributed by atoms with E-state index in [4.69, 9.17) is 4.74 Å². The summed E-state index contributed by atoms with van der Waals surface area (Å²) >= 11 is 0. The van der Waals surface area contributed by atoms with Gasteiger partial charge in [-0.3, -0.25) is 4.72 Å². The molecule has 0 atom stereocenters. The highest BCUT2D eigenvalue weighted by atomic mass is 32.2. The molecule has 2 saturated carbocycles. The van der Waals surface area contributed by atoms with Crippen molar-refractivity contribution in [3.05, 3.63) is 66.5 Å². The van der Waals surface area contributed by atoms with Gasteiger partial charge < -0.3 is 9.30 Å². The first-order valence-corrected chi connectivity index (χ1v) is 13.7. The van der Waals surface area contributed by atoms with Crippen LogP contribution in [0.15, 0.2) is 60.9 Å². The Kier molecular flexibility index (Phi) is 5.61. The zero-order valence-electron chi connectivity index (χ0n) is 19.6. The van der Waals surface area contributed by atoms with Crippen LogP contribution in [0.2, 0.25) is 0 Å². The third-order valence-corrected chi connectivity index (χ3v) is 8.82. The van der Waals surface area contributed by atoms with E-state index in [9.17, 15) is 13.7 Å². The average molecular weight is 500 g/mol. The fourth-order valence-electron chi connectivity index (χ4n) is 4.62. The van der Waals surface area contributed by atoms with Crippen molar-refractivity contribution in [2.24, 2.45) is 5.92 Å². The minimum atomic E-state index is -3.37. The van der Waals surface area contributed by atoms with Crippen LogP contribution in [0.3, 0.4) is 0 Å². The molecule has 0 saturated heterocycles. The molecule has 2 fully saturated rings. The highest BCUT2D eigenvalue weighted by molar-refractivity contribution is 7.93. The molecule has 1 N–H and O–H groups in total. The molecule has 9 heteroatoms. The molecule has 182 valence electrons. The van der Waals surface area contributed by atoms with E-state index in [0.717, 1.165) is 48.0 Å². The van der Waals surface area contributed by atoms with E-state index < -0.39 is 10.0 Å². The topological polar surface area (TPSA) is 110 Å². The summed E-state index contributed by atoms with van der Waals surface area (Å²) in [5.74, 6) is 1.17. The lowest BCUT2D eigenvalue weighted by Crippen LogP contribution is -2.33. The predicted octanol–water partition coefficient (Wildman–Crippen LogP) is 5.47. The number of hydrogen-bond donors (Lipinski definition) is 1. The number of ether oxygens (including phenoxy) is 1. The summed E-state index contributed by atoms with van der Waals surface area (Å²) in [6, 6.07) is 17.4. The van der Waals surface area contributed by atoms with Crippen LogP contribution in [-0.2, 0) is 16.6 Å². The largest absolute Gasteiger partial charge is 0.424 e. The maximum Gasteiger partial charge on any atom is 0.321 e. The predicted molar refractivity (Wildman–Crippen MR) is 137 cm³/mol. The second-order valence-corrected chi connectivity index (χ2v) is 11.4. The molecule has 2 aliphatic carbocycles. The summed E-state index contributed by atoms with van der Waals surface area (Å²) in [5, 5.41) is 10.7. The number of nitriles is 1. The Hall–Kier alpha value is -3.90. The molecule has 0 amide bonds. The highest BCUT2D eigenvalue weighted by Crippen LogP contribution is 2.40. The molecule has 36 heavy (non-hydrogen) atoms. The van der Waals surface area contributed by atoms with Crippen LogP contribution >= 0.6 is 0 Å². The summed E-state index contributed by atoms with van der Waals surface area (Å²) in [5.41, 5.74) is 3.74. The van der Waals surface area contributed by atoms with Crippen molar-refractivity contribution in [1.29, 1.82) is 5.26 Å². The number of fused-ring (bicyclic) bond motifs is 1. The Morgan fingerprint density at radius 3 is 2.44 bits per heavy atom. The van der Waals surface area contributed by atoms with Crippen LogP contribution in [0.5, 0.6) is 11.8 Å². The first-order chi connectivity index (χ1) is 17.5. The third kappa shape index (κ3) is 4.29. The maximum atomic E-state index is 12.5. The molecule has 0 spiro atoms. The zero-order chi connectivity index (χ0) is 24.7.